The largest absolute Gasteiger partial charge is 0.310 e. The van der Waals surface area contributed by atoms with Gasteiger partial charge in [-0.2, -0.15) is 0 Å². The smallest absolute Gasteiger partial charge is 0.0553 e. The van der Waals surface area contributed by atoms with Crippen LogP contribution < -0.4 is 4.90 Å². The van der Waals surface area contributed by atoms with Crippen molar-refractivity contribution in [3.05, 3.63) is 267 Å². The van der Waals surface area contributed by atoms with E-state index in [9.17, 15) is 0 Å². The number of fused-ring (bicyclic) bond motifs is 7. The molecule has 13 aromatic rings. The van der Waals surface area contributed by atoms with Crippen LogP contribution in [0.2, 0.25) is 0 Å². The second-order valence-electron chi connectivity index (χ2n) is 17.7. The van der Waals surface area contributed by atoms with Gasteiger partial charge in [-0.25, -0.2) is 0 Å². The first-order valence-corrected chi connectivity index (χ1v) is 23.4. The molecular formula is C66H44N2. The zero-order valence-electron chi connectivity index (χ0n) is 37.3. The van der Waals surface area contributed by atoms with E-state index in [-0.39, 0.29) is 0 Å². The molecule has 0 spiro atoms. The monoisotopic (exact) mass is 864 g/mol. The van der Waals surface area contributed by atoms with Gasteiger partial charge < -0.3 is 9.47 Å². The van der Waals surface area contributed by atoms with E-state index in [4.69, 9.17) is 0 Å². The van der Waals surface area contributed by atoms with Crippen molar-refractivity contribution in [1.82, 2.24) is 4.57 Å². The molecule has 0 atom stereocenters. The molecule has 2 heteroatoms. The highest BCUT2D eigenvalue weighted by atomic mass is 15.1. The fraction of sp³-hybridized carbons (Fsp3) is 0. The Labute approximate surface area is 395 Å². The predicted molar refractivity (Wildman–Crippen MR) is 290 cm³/mol. The van der Waals surface area contributed by atoms with Crippen LogP contribution in [0.4, 0.5) is 17.1 Å². The van der Waals surface area contributed by atoms with Crippen LogP contribution in [-0.2, 0) is 0 Å². The van der Waals surface area contributed by atoms with Crippen LogP contribution in [0.1, 0.15) is 0 Å². The van der Waals surface area contributed by atoms with Crippen molar-refractivity contribution in [2.24, 2.45) is 0 Å². The Hall–Kier alpha value is -8.98. The minimum absolute atomic E-state index is 1.08. The standard InChI is InChI=1S/C66H44N2/c1-3-14-45(15-4-1)55-43-63(66-62-24-11-12-25-64(62)68(65(66)44-55)56-20-5-2-6-21-56)53-19-13-22-59(42-53)67(57-35-30-47(31-36-57)51-28-26-46-16-7-8-18-50(46)40-51)58-37-32-48(33-38-58)52-34-39-61-54(41-52)29-27-49-17-9-10-23-60(49)61/h1-44H. The number of nitrogens with zero attached hydrogens (tertiary/aromatic N) is 2. The third-order valence-electron chi connectivity index (χ3n) is 13.7. The molecule has 318 valence electrons. The Morgan fingerprint density at radius 1 is 0.250 bits per heavy atom. The van der Waals surface area contributed by atoms with Crippen LogP contribution in [0.15, 0.2) is 267 Å². The zero-order valence-corrected chi connectivity index (χ0v) is 37.3. The summed E-state index contributed by atoms with van der Waals surface area (Å²) >= 11 is 0. The quantitative estimate of drug-likeness (QED) is 0.138. The van der Waals surface area contributed by atoms with Crippen molar-refractivity contribution in [2.75, 3.05) is 4.90 Å². The molecule has 12 aromatic carbocycles. The molecule has 0 aliphatic heterocycles. The molecule has 0 bridgehead atoms. The molecule has 0 unspecified atom stereocenters. The fourth-order valence-electron chi connectivity index (χ4n) is 10.4. The molecule has 0 radical (unpaired) electrons. The van der Waals surface area contributed by atoms with Gasteiger partial charge in [0.2, 0.25) is 0 Å². The molecule has 0 aliphatic carbocycles. The molecule has 1 aromatic heterocycles. The summed E-state index contributed by atoms with van der Waals surface area (Å²) in [5, 5.41) is 10.0. The first-order chi connectivity index (χ1) is 33.7. The Kier molecular flexibility index (Phi) is 9.54. The van der Waals surface area contributed by atoms with Gasteiger partial charge in [-0.1, -0.05) is 188 Å². The van der Waals surface area contributed by atoms with Gasteiger partial charge in [0.05, 0.1) is 11.0 Å². The van der Waals surface area contributed by atoms with E-state index in [1.165, 1.54) is 93.1 Å². The average molecular weight is 865 g/mol. The lowest BCUT2D eigenvalue weighted by Crippen LogP contribution is -2.10. The molecule has 0 saturated carbocycles. The SMILES string of the molecule is c1ccc(-c2cc(-c3cccc(N(c4ccc(-c5ccc6ccccc6c5)cc4)c4ccc(-c5ccc6c(ccc7ccccc76)c5)cc4)c3)c3c4ccccc4n(-c4ccccc4)c3c2)cc1. The Balaban J connectivity index is 0.966. The molecule has 0 amide bonds. The Bertz CT molecular complexity index is 4000. The van der Waals surface area contributed by atoms with Gasteiger partial charge in [0, 0.05) is 33.5 Å². The lowest BCUT2D eigenvalue weighted by molar-refractivity contribution is 1.18. The van der Waals surface area contributed by atoms with Gasteiger partial charge in [0.1, 0.15) is 0 Å². The van der Waals surface area contributed by atoms with E-state index in [1.54, 1.807) is 0 Å². The van der Waals surface area contributed by atoms with Gasteiger partial charge in [0.25, 0.3) is 0 Å². The number of hydrogen-bond acceptors (Lipinski definition) is 1. The van der Waals surface area contributed by atoms with Gasteiger partial charge >= 0.3 is 0 Å². The van der Waals surface area contributed by atoms with E-state index in [0.29, 0.717) is 0 Å². The lowest BCUT2D eigenvalue weighted by Gasteiger charge is -2.26. The number of anilines is 3. The van der Waals surface area contributed by atoms with Crippen molar-refractivity contribution >= 4 is 71.2 Å². The van der Waals surface area contributed by atoms with E-state index in [2.05, 4.69) is 276 Å². The van der Waals surface area contributed by atoms with Gasteiger partial charge in [0.15, 0.2) is 0 Å². The van der Waals surface area contributed by atoms with Crippen LogP contribution in [0.25, 0.3) is 104 Å². The van der Waals surface area contributed by atoms with E-state index in [0.717, 1.165) is 28.3 Å². The average Bonchev–Trinajstić information content (AvgIpc) is 3.75. The zero-order chi connectivity index (χ0) is 45.0. The van der Waals surface area contributed by atoms with Gasteiger partial charge in [-0.3, -0.25) is 0 Å². The molecular weight excluding hydrogens is 821 g/mol. The summed E-state index contributed by atoms with van der Waals surface area (Å²) in [6.45, 7) is 0. The summed E-state index contributed by atoms with van der Waals surface area (Å²) < 4.78 is 2.42. The molecule has 0 N–H and O–H groups in total. The summed E-state index contributed by atoms with van der Waals surface area (Å²) in [4.78, 5) is 2.40. The highest BCUT2D eigenvalue weighted by Crippen LogP contribution is 2.44. The summed E-state index contributed by atoms with van der Waals surface area (Å²) in [6, 6.07) is 97.6. The van der Waals surface area contributed by atoms with Crippen LogP contribution in [-0.4, -0.2) is 4.57 Å². The number of rotatable bonds is 8. The second kappa shape index (κ2) is 16.5. The maximum atomic E-state index is 2.42. The molecule has 2 nitrogen and oxygen atoms in total. The second-order valence-corrected chi connectivity index (χ2v) is 17.7. The van der Waals surface area contributed by atoms with Crippen LogP contribution in [0.3, 0.4) is 0 Å². The molecule has 68 heavy (non-hydrogen) atoms. The third-order valence-corrected chi connectivity index (χ3v) is 13.7. The highest BCUT2D eigenvalue weighted by molar-refractivity contribution is 6.17. The summed E-state index contributed by atoms with van der Waals surface area (Å²) in [5.74, 6) is 0. The topological polar surface area (TPSA) is 8.17 Å². The molecule has 0 saturated heterocycles. The molecule has 0 aliphatic rings. The maximum absolute atomic E-state index is 2.42. The maximum Gasteiger partial charge on any atom is 0.0553 e. The van der Waals surface area contributed by atoms with Crippen molar-refractivity contribution < 1.29 is 0 Å². The van der Waals surface area contributed by atoms with Crippen molar-refractivity contribution in [3.8, 4) is 50.2 Å². The van der Waals surface area contributed by atoms with E-state index >= 15 is 0 Å². The summed E-state index contributed by atoms with van der Waals surface area (Å²) in [5.41, 5.74) is 16.2. The van der Waals surface area contributed by atoms with Crippen LogP contribution >= 0.6 is 0 Å². The number of hydrogen-bond donors (Lipinski definition) is 0. The first-order valence-electron chi connectivity index (χ1n) is 23.4. The fourth-order valence-corrected chi connectivity index (χ4v) is 10.4. The normalized spacial score (nSPS) is 11.5. The third kappa shape index (κ3) is 6.90. The lowest BCUT2D eigenvalue weighted by atomic mass is 9.94. The van der Waals surface area contributed by atoms with E-state index < -0.39 is 0 Å². The Morgan fingerprint density at radius 3 is 1.53 bits per heavy atom. The summed E-state index contributed by atoms with van der Waals surface area (Å²) in [6.07, 6.45) is 0. The van der Waals surface area contributed by atoms with Crippen LogP contribution in [0, 0.1) is 0 Å². The molecule has 0 fully saturated rings. The minimum Gasteiger partial charge on any atom is -0.310 e. The van der Waals surface area contributed by atoms with Crippen molar-refractivity contribution in [3.63, 3.8) is 0 Å². The number of benzene rings is 12. The molecule has 1 heterocycles. The predicted octanol–water partition coefficient (Wildman–Crippen LogP) is 18.4. The first kappa shape index (κ1) is 39.4. The van der Waals surface area contributed by atoms with Crippen LogP contribution in [0.5, 0.6) is 0 Å². The summed E-state index contributed by atoms with van der Waals surface area (Å²) in [7, 11) is 0. The van der Waals surface area contributed by atoms with E-state index in [1.807, 2.05) is 0 Å². The highest BCUT2D eigenvalue weighted by Gasteiger charge is 2.20. The molecule has 13 rings (SSSR count). The van der Waals surface area contributed by atoms with Gasteiger partial charge in [-0.05, 0) is 156 Å². The van der Waals surface area contributed by atoms with Gasteiger partial charge in [-0.15, -0.1) is 0 Å². The number of aromatic nitrogens is 1. The number of para-hydroxylation sites is 2. The van der Waals surface area contributed by atoms with Crippen molar-refractivity contribution in [1.29, 1.82) is 0 Å². The minimum atomic E-state index is 1.08. The Morgan fingerprint density at radius 2 is 0.779 bits per heavy atom. The van der Waals surface area contributed by atoms with Crippen molar-refractivity contribution in [2.45, 2.75) is 0 Å².